The number of nitrogen functional groups attached to an aromatic ring is 1. The lowest BCUT2D eigenvalue weighted by Gasteiger charge is -2.38. The molecule has 1 saturated heterocycles. The van der Waals surface area contributed by atoms with E-state index < -0.39 is 11.6 Å². The van der Waals surface area contributed by atoms with Crippen LogP contribution in [0, 0.1) is 24.0 Å². The van der Waals surface area contributed by atoms with Gasteiger partial charge < -0.3 is 27.4 Å². The third-order valence-electron chi connectivity index (χ3n) is 4.66. The Kier molecular flexibility index (Phi) is 5.45. The Morgan fingerprint density at radius 1 is 1.20 bits per heavy atom. The van der Waals surface area contributed by atoms with E-state index in [9.17, 15) is 8.78 Å². The number of halogens is 2. The van der Waals surface area contributed by atoms with Crippen LogP contribution in [-0.4, -0.2) is 18.0 Å². The number of hydrogen-bond donors (Lipinski definition) is 4. The van der Waals surface area contributed by atoms with E-state index in [-0.39, 0.29) is 22.8 Å². The molecule has 0 radical (unpaired) electrons. The number of nitrogens with zero attached hydrogens (tertiary/aromatic N) is 1. The van der Waals surface area contributed by atoms with E-state index >= 15 is 0 Å². The van der Waals surface area contributed by atoms with Crippen molar-refractivity contribution in [2.45, 2.75) is 33.6 Å². The minimum atomic E-state index is -0.760. The van der Waals surface area contributed by atoms with Gasteiger partial charge >= 0.3 is 0 Å². The summed E-state index contributed by atoms with van der Waals surface area (Å²) >= 11 is 0. The van der Waals surface area contributed by atoms with Gasteiger partial charge in [0.2, 0.25) is 0 Å². The Labute approximate surface area is 147 Å². The van der Waals surface area contributed by atoms with Crippen molar-refractivity contribution in [3.8, 4) is 0 Å². The largest absolute Gasteiger partial charge is 0.397 e. The van der Waals surface area contributed by atoms with Crippen molar-refractivity contribution in [2.24, 2.45) is 16.9 Å². The van der Waals surface area contributed by atoms with Gasteiger partial charge in [0.05, 0.1) is 17.2 Å². The van der Waals surface area contributed by atoms with Crippen molar-refractivity contribution in [3.63, 3.8) is 0 Å². The second-order valence-electron chi connectivity index (χ2n) is 7.25. The zero-order valence-electron chi connectivity index (χ0n) is 15.0. The summed E-state index contributed by atoms with van der Waals surface area (Å²) in [5.41, 5.74) is 17.8. The van der Waals surface area contributed by atoms with Gasteiger partial charge in [0, 0.05) is 18.7 Å². The summed E-state index contributed by atoms with van der Waals surface area (Å²) < 4.78 is 27.6. The Hall–Kier alpha value is -2.44. The lowest BCUT2D eigenvalue weighted by molar-refractivity contribution is 0.161. The van der Waals surface area contributed by atoms with Crippen molar-refractivity contribution >= 4 is 11.4 Å². The summed E-state index contributed by atoms with van der Waals surface area (Å²) in [5.74, 6) is -0.690. The minimum Gasteiger partial charge on any atom is -0.397 e. The van der Waals surface area contributed by atoms with Crippen molar-refractivity contribution in [3.05, 3.63) is 47.1 Å². The molecule has 0 saturated carbocycles. The summed E-state index contributed by atoms with van der Waals surface area (Å²) in [6.45, 7) is 7.60. The highest BCUT2D eigenvalue weighted by atomic mass is 19.1. The number of piperidine rings is 1. The third kappa shape index (κ3) is 4.55. The molecule has 5 nitrogen and oxygen atoms in total. The van der Waals surface area contributed by atoms with E-state index in [2.05, 4.69) is 24.1 Å². The number of allylic oxidation sites excluding steroid dienone is 2. The quantitative estimate of drug-likeness (QED) is 0.494. The normalized spacial score (nSPS) is 18.4. The van der Waals surface area contributed by atoms with Gasteiger partial charge in [-0.1, -0.05) is 13.8 Å². The van der Waals surface area contributed by atoms with Crippen LogP contribution in [-0.2, 0) is 0 Å². The van der Waals surface area contributed by atoms with Crippen LogP contribution in [0.4, 0.5) is 20.2 Å². The van der Waals surface area contributed by atoms with E-state index in [0.717, 1.165) is 32.0 Å². The highest BCUT2D eigenvalue weighted by Crippen LogP contribution is 2.30. The Morgan fingerprint density at radius 2 is 1.80 bits per heavy atom. The van der Waals surface area contributed by atoms with Crippen LogP contribution < -0.4 is 22.5 Å². The zero-order valence-corrected chi connectivity index (χ0v) is 15.0. The molecule has 2 rings (SSSR count). The summed E-state index contributed by atoms with van der Waals surface area (Å²) in [7, 11) is 0. The van der Waals surface area contributed by atoms with Gasteiger partial charge in [-0.2, -0.15) is 0 Å². The number of nitrogens with two attached hydrogens (primary N) is 3. The molecule has 0 bridgehead atoms. The maximum absolute atomic E-state index is 14.1. The Morgan fingerprint density at radius 3 is 2.40 bits per heavy atom. The topological polar surface area (TPSA) is 93.3 Å². The smallest absolute Gasteiger partial charge is 0.154 e. The van der Waals surface area contributed by atoms with Gasteiger partial charge in [-0.25, -0.2) is 8.78 Å². The van der Waals surface area contributed by atoms with Gasteiger partial charge in [-0.15, -0.1) is 0 Å². The van der Waals surface area contributed by atoms with Crippen LogP contribution >= 0.6 is 0 Å². The first-order chi connectivity index (χ1) is 11.6. The fourth-order valence-electron chi connectivity index (χ4n) is 2.70. The highest BCUT2D eigenvalue weighted by Gasteiger charge is 2.25. The van der Waals surface area contributed by atoms with Crippen LogP contribution in [0.2, 0.25) is 0 Å². The van der Waals surface area contributed by atoms with Gasteiger partial charge in [-0.05, 0) is 43.4 Å². The predicted molar refractivity (Wildman–Crippen MR) is 98.3 cm³/mol. The zero-order chi connectivity index (χ0) is 18.8. The molecule has 0 aromatic heterocycles. The van der Waals surface area contributed by atoms with Gasteiger partial charge in [0.25, 0.3) is 0 Å². The molecule has 7 N–H and O–H groups in total. The first kappa shape index (κ1) is 18.9. The second kappa shape index (κ2) is 7.21. The average molecular weight is 351 g/mol. The van der Waals surface area contributed by atoms with Crippen LogP contribution in [0.3, 0.4) is 0 Å². The van der Waals surface area contributed by atoms with Crippen LogP contribution in [0.1, 0.15) is 32.3 Å². The number of nitrogens with one attached hydrogen (secondary N) is 1. The lowest BCUT2D eigenvalue weighted by Crippen LogP contribution is -2.38. The van der Waals surface area contributed by atoms with Crippen LogP contribution in [0.5, 0.6) is 0 Å². The number of hydrogen-bond acceptors (Lipinski definition) is 5. The van der Waals surface area contributed by atoms with Gasteiger partial charge in [0.15, 0.2) is 5.82 Å². The Bertz CT molecular complexity index is 700. The van der Waals surface area contributed by atoms with Crippen molar-refractivity contribution in [2.75, 3.05) is 24.1 Å². The van der Waals surface area contributed by atoms with Crippen LogP contribution in [0.25, 0.3) is 0 Å². The summed E-state index contributed by atoms with van der Waals surface area (Å²) in [5, 5.41) is 2.67. The monoisotopic (exact) mass is 351 g/mol. The average Bonchev–Trinajstić information content (AvgIpc) is 2.54. The minimum absolute atomic E-state index is 0.0423. The summed E-state index contributed by atoms with van der Waals surface area (Å²) in [4.78, 5) is 2.09. The molecule has 25 heavy (non-hydrogen) atoms. The molecular formula is C18H27F2N5. The molecule has 0 atom stereocenters. The third-order valence-corrected chi connectivity index (χ3v) is 4.66. The molecule has 1 heterocycles. The number of likely N-dealkylation sites (tertiary alicyclic amines) is 1. The maximum atomic E-state index is 14.1. The molecule has 7 heteroatoms. The Balaban J connectivity index is 2.08. The standard InChI is InChI=1S/C18H27F2N5/c1-11-12(19)10-13(21)17(16(11)20)24-14(22)4-5-15(23)25-8-6-18(2,3)7-9-25/h4-5,10,24H,6-9,21-23H2,1-3H3/b14-4+,15-5+. The highest BCUT2D eigenvalue weighted by molar-refractivity contribution is 5.70. The molecule has 0 spiro atoms. The van der Waals surface area contributed by atoms with E-state index in [1.165, 1.54) is 6.92 Å². The number of benzene rings is 1. The van der Waals surface area contributed by atoms with E-state index in [4.69, 9.17) is 17.2 Å². The molecule has 1 aromatic rings. The SMILES string of the molecule is Cc1c(F)cc(N)c(N/C(N)=C/C=C(\N)N2CCC(C)(C)CC2)c1F. The first-order valence-electron chi connectivity index (χ1n) is 8.30. The molecule has 0 amide bonds. The van der Waals surface area contributed by atoms with Crippen LogP contribution in [0.15, 0.2) is 29.9 Å². The van der Waals surface area contributed by atoms with Crippen molar-refractivity contribution < 1.29 is 8.78 Å². The summed E-state index contributed by atoms with van der Waals surface area (Å²) in [6.07, 6.45) is 5.35. The number of rotatable bonds is 4. The lowest BCUT2D eigenvalue weighted by atomic mass is 9.83. The van der Waals surface area contributed by atoms with Gasteiger partial charge in [-0.3, -0.25) is 0 Å². The predicted octanol–water partition coefficient (Wildman–Crippen LogP) is 2.99. The maximum Gasteiger partial charge on any atom is 0.154 e. The fourth-order valence-corrected chi connectivity index (χ4v) is 2.70. The molecule has 1 aliphatic heterocycles. The van der Waals surface area contributed by atoms with Crippen molar-refractivity contribution in [1.29, 1.82) is 0 Å². The second-order valence-corrected chi connectivity index (χ2v) is 7.25. The molecule has 1 fully saturated rings. The number of anilines is 2. The molecule has 1 aliphatic rings. The molecule has 138 valence electrons. The summed E-state index contributed by atoms with van der Waals surface area (Å²) in [6, 6.07) is 1.06. The first-order valence-corrected chi connectivity index (χ1v) is 8.30. The molecular weight excluding hydrogens is 324 g/mol. The van der Waals surface area contributed by atoms with E-state index in [0.29, 0.717) is 11.2 Å². The molecule has 1 aromatic carbocycles. The molecule has 0 unspecified atom stereocenters. The van der Waals surface area contributed by atoms with E-state index in [1.54, 1.807) is 12.2 Å². The fraction of sp³-hybridized carbons (Fsp3) is 0.444. The van der Waals surface area contributed by atoms with E-state index in [1.807, 2.05) is 0 Å². The van der Waals surface area contributed by atoms with Crippen molar-refractivity contribution in [1.82, 2.24) is 4.90 Å². The van der Waals surface area contributed by atoms with Gasteiger partial charge in [0.1, 0.15) is 11.6 Å². The molecule has 0 aliphatic carbocycles.